The molecule has 4 rings (SSSR count). The third-order valence-corrected chi connectivity index (χ3v) is 4.93. The summed E-state index contributed by atoms with van der Waals surface area (Å²) in [5.41, 5.74) is 1.41. The number of anilines is 4. The van der Waals surface area contributed by atoms with Gasteiger partial charge in [0.25, 0.3) is 11.2 Å². The largest absolute Gasteiger partial charge is 0.326 e. The molecule has 4 N–H and O–H groups in total. The first kappa shape index (κ1) is 20.7. The molecule has 2 heterocycles. The SMILES string of the molecule is Cc1ccc(Nc2nc3c(c(=O)[nH]2)[C@@H](C(=O)Nc2ccc([N+](=O)[O-])cc2)CC(=O)N3)cc1. The van der Waals surface area contributed by atoms with E-state index in [1.54, 1.807) is 0 Å². The third kappa shape index (κ3) is 4.31. The Morgan fingerprint density at radius 2 is 1.75 bits per heavy atom. The lowest BCUT2D eigenvalue weighted by molar-refractivity contribution is -0.384. The Hall–Kier alpha value is -4.54. The van der Waals surface area contributed by atoms with Gasteiger partial charge in [0.2, 0.25) is 17.8 Å². The van der Waals surface area contributed by atoms with Gasteiger partial charge in [-0.1, -0.05) is 17.7 Å². The molecule has 0 saturated heterocycles. The molecule has 0 saturated carbocycles. The van der Waals surface area contributed by atoms with Gasteiger partial charge < -0.3 is 16.0 Å². The molecule has 11 heteroatoms. The van der Waals surface area contributed by atoms with Gasteiger partial charge in [0.1, 0.15) is 5.82 Å². The molecular formula is C21H18N6O5. The van der Waals surface area contributed by atoms with Crippen molar-refractivity contribution in [1.29, 1.82) is 0 Å². The Morgan fingerprint density at radius 3 is 2.41 bits per heavy atom. The van der Waals surface area contributed by atoms with Crippen molar-refractivity contribution in [3.8, 4) is 0 Å². The number of aromatic nitrogens is 2. The number of nitrogens with one attached hydrogen (secondary N) is 4. The molecule has 11 nitrogen and oxygen atoms in total. The molecule has 3 aromatic rings. The summed E-state index contributed by atoms with van der Waals surface area (Å²) in [5.74, 6) is -2.00. The van der Waals surface area contributed by atoms with E-state index in [0.717, 1.165) is 5.56 Å². The van der Waals surface area contributed by atoms with Crippen LogP contribution in [0.25, 0.3) is 0 Å². The number of rotatable bonds is 5. The molecule has 0 spiro atoms. The van der Waals surface area contributed by atoms with Crippen molar-refractivity contribution >= 4 is 40.6 Å². The predicted octanol–water partition coefficient (Wildman–Crippen LogP) is 2.79. The van der Waals surface area contributed by atoms with E-state index >= 15 is 0 Å². The van der Waals surface area contributed by atoms with Gasteiger partial charge in [-0.15, -0.1) is 0 Å². The first-order chi connectivity index (χ1) is 15.3. The van der Waals surface area contributed by atoms with E-state index in [2.05, 4.69) is 25.9 Å². The Kier molecular flexibility index (Phi) is 5.37. The highest BCUT2D eigenvalue weighted by atomic mass is 16.6. The fourth-order valence-electron chi connectivity index (χ4n) is 3.32. The van der Waals surface area contributed by atoms with Crippen molar-refractivity contribution in [2.45, 2.75) is 19.3 Å². The maximum absolute atomic E-state index is 12.8. The second kappa shape index (κ2) is 8.30. The minimum Gasteiger partial charge on any atom is -0.326 e. The summed E-state index contributed by atoms with van der Waals surface area (Å²) in [6, 6.07) is 12.6. The van der Waals surface area contributed by atoms with E-state index in [4.69, 9.17) is 0 Å². The molecule has 1 aromatic heterocycles. The number of benzene rings is 2. The van der Waals surface area contributed by atoms with Crippen LogP contribution < -0.4 is 21.5 Å². The van der Waals surface area contributed by atoms with E-state index in [1.165, 1.54) is 24.3 Å². The zero-order valence-electron chi connectivity index (χ0n) is 16.8. The van der Waals surface area contributed by atoms with Gasteiger partial charge in [-0.2, -0.15) is 4.98 Å². The number of H-pyrrole nitrogens is 1. The average molecular weight is 434 g/mol. The molecule has 1 aliphatic rings. The quantitative estimate of drug-likeness (QED) is 0.355. The van der Waals surface area contributed by atoms with Crippen molar-refractivity contribution in [1.82, 2.24) is 9.97 Å². The molecular weight excluding hydrogens is 416 g/mol. The number of carbonyl (C=O) groups excluding carboxylic acids is 2. The van der Waals surface area contributed by atoms with Crippen LogP contribution in [0, 0.1) is 17.0 Å². The highest BCUT2D eigenvalue weighted by Gasteiger charge is 2.34. The molecule has 0 fully saturated rings. The zero-order valence-corrected chi connectivity index (χ0v) is 16.8. The Morgan fingerprint density at radius 1 is 1.09 bits per heavy atom. The molecule has 1 atom stereocenters. The third-order valence-electron chi connectivity index (χ3n) is 4.93. The van der Waals surface area contributed by atoms with Crippen molar-refractivity contribution in [3.05, 3.63) is 80.1 Å². The molecule has 0 bridgehead atoms. The van der Waals surface area contributed by atoms with Crippen LogP contribution in [-0.2, 0) is 9.59 Å². The predicted molar refractivity (Wildman–Crippen MR) is 117 cm³/mol. The van der Waals surface area contributed by atoms with Crippen molar-refractivity contribution < 1.29 is 14.5 Å². The van der Waals surface area contributed by atoms with Crippen LogP contribution in [0.5, 0.6) is 0 Å². The number of aromatic amines is 1. The standard InChI is InChI=1S/C21H18N6O5/c1-11-2-4-13(5-3-11)23-21-25-18-17(20(30)26-21)15(10-16(28)24-18)19(29)22-12-6-8-14(9-7-12)27(31)32/h2-9,15H,10H2,1H3,(H,22,29)(H3,23,24,25,26,28,30)/t15-/m0/s1. The Balaban J connectivity index is 1.59. The summed E-state index contributed by atoms with van der Waals surface area (Å²) < 4.78 is 0. The lowest BCUT2D eigenvalue weighted by Gasteiger charge is -2.23. The van der Waals surface area contributed by atoms with Gasteiger partial charge in [-0.05, 0) is 31.2 Å². The minimum atomic E-state index is -1.07. The number of fused-ring (bicyclic) bond motifs is 1. The minimum absolute atomic E-state index is 0.00320. The van der Waals surface area contributed by atoms with E-state index < -0.39 is 28.2 Å². The second-order valence-corrected chi connectivity index (χ2v) is 7.27. The molecule has 162 valence electrons. The van der Waals surface area contributed by atoms with Crippen LogP contribution in [0.15, 0.2) is 53.3 Å². The van der Waals surface area contributed by atoms with Gasteiger partial charge >= 0.3 is 0 Å². The molecule has 1 aliphatic heterocycles. The van der Waals surface area contributed by atoms with Crippen LogP contribution in [0.4, 0.5) is 28.8 Å². The van der Waals surface area contributed by atoms with Crippen molar-refractivity contribution in [2.24, 2.45) is 0 Å². The lowest BCUT2D eigenvalue weighted by Crippen LogP contribution is -2.36. The molecule has 2 amide bonds. The van der Waals surface area contributed by atoms with Gasteiger partial charge in [0, 0.05) is 29.9 Å². The van der Waals surface area contributed by atoms with E-state index in [-0.39, 0.29) is 29.4 Å². The summed E-state index contributed by atoms with van der Waals surface area (Å²) in [5, 5.41) is 18.9. The normalized spacial score (nSPS) is 14.8. The van der Waals surface area contributed by atoms with E-state index in [0.29, 0.717) is 11.4 Å². The summed E-state index contributed by atoms with van der Waals surface area (Å²) in [7, 11) is 0. The molecule has 2 aromatic carbocycles. The molecule has 32 heavy (non-hydrogen) atoms. The van der Waals surface area contributed by atoms with Crippen LogP contribution >= 0.6 is 0 Å². The van der Waals surface area contributed by atoms with Gasteiger partial charge in [-0.3, -0.25) is 29.5 Å². The summed E-state index contributed by atoms with van der Waals surface area (Å²) >= 11 is 0. The average Bonchev–Trinajstić information content (AvgIpc) is 2.75. The number of aryl methyl sites for hydroxylation is 1. The van der Waals surface area contributed by atoms with Gasteiger partial charge in [0.05, 0.1) is 16.4 Å². The Bertz CT molecular complexity index is 1270. The molecule has 0 radical (unpaired) electrons. The smallest absolute Gasteiger partial charge is 0.269 e. The van der Waals surface area contributed by atoms with Crippen LogP contribution in [-0.4, -0.2) is 26.7 Å². The zero-order chi connectivity index (χ0) is 22.8. The van der Waals surface area contributed by atoms with Gasteiger partial charge in [-0.25, -0.2) is 0 Å². The number of carbonyl (C=O) groups is 2. The number of nitro groups is 1. The fraction of sp³-hybridized carbons (Fsp3) is 0.143. The van der Waals surface area contributed by atoms with Crippen molar-refractivity contribution in [2.75, 3.05) is 16.0 Å². The summed E-state index contributed by atoms with van der Waals surface area (Å²) in [4.78, 5) is 54.9. The summed E-state index contributed by atoms with van der Waals surface area (Å²) in [6.07, 6.45) is -0.235. The first-order valence-corrected chi connectivity index (χ1v) is 9.63. The molecule has 0 unspecified atom stereocenters. The van der Waals surface area contributed by atoms with Crippen LogP contribution in [0.1, 0.15) is 23.5 Å². The first-order valence-electron chi connectivity index (χ1n) is 9.63. The van der Waals surface area contributed by atoms with Crippen molar-refractivity contribution in [3.63, 3.8) is 0 Å². The van der Waals surface area contributed by atoms with Crippen LogP contribution in [0.2, 0.25) is 0 Å². The monoisotopic (exact) mass is 434 g/mol. The maximum Gasteiger partial charge on any atom is 0.269 e. The molecule has 0 aliphatic carbocycles. The van der Waals surface area contributed by atoms with Crippen LogP contribution in [0.3, 0.4) is 0 Å². The fourth-order valence-corrected chi connectivity index (χ4v) is 3.32. The lowest BCUT2D eigenvalue weighted by atomic mass is 9.92. The number of nitro benzene ring substituents is 1. The number of hydrogen-bond acceptors (Lipinski definition) is 7. The number of non-ortho nitro benzene ring substituents is 1. The number of amides is 2. The number of nitrogens with zero attached hydrogens (tertiary/aromatic N) is 2. The van der Waals surface area contributed by atoms with Gasteiger partial charge in [0.15, 0.2) is 0 Å². The maximum atomic E-state index is 12.8. The van der Waals surface area contributed by atoms with E-state index in [1.807, 2.05) is 31.2 Å². The summed E-state index contributed by atoms with van der Waals surface area (Å²) in [6.45, 7) is 1.94. The van der Waals surface area contributed by atoms with E-state index in [9.17, 15) is 24.5 Å². The topological polar surface area (TPSA) is 159 Å². The second-order valence-electron chi connectivity index (χ2n) is 7.27. The highest BCUT2D eigenvalue weighted by molar-refractivity contribution is 6.04. The highest BCUT2D eigenvalue weighted by Crippen LogP contribution is 2.30. The number of hydrogen-bond donors (Lipinski definition) is 4. The Labute approximate surface area is 181 Å².